The van der Waals surface area contributed by atoms with Gasteiger partial charge in [-0.3, -0.25) is 4.98 Å². The number of nitrogens with one attached hydrogen (secondary N) is 2. The molecule has 2 unspecified atom stereocenters. The SMILES string of the molecule is Cc1cc(C2C(c3ccccn3)NC(=S)N2CCCNc2ccccc2)c(C)n1C1CCCC1. The number of para-hydroxylation sites is 1. The van der Waals surface area contributed by atoms with Crippen molar-refractivity contribution in [3.8, 4) is 0 Å². The Morgan fingerprint density at radius 1 is 1.06 bits per heavy atom. The van der Waals surface area contributed by atoms with Gasteiger partial charge in [-0.25, -0.2) is 0 Å². The van der Waals surface area contributed by atoms with E-state index in [4.69, 9.17) is 17.2 Å². The largest absolute Gasteiger partial charge is 0.385 e. The molecule has 2 atom stereocenters. The van der Waals surface area contributed by atoms with Gasteiger partial charge in [-0.05, 0) is 81.2 Å². The second-order valence-electron chi connectivity index (χ2n) is 9.60. The van der Waals surface area contributed by atoms with E-state index in [1.165, 1.54) is 42.6 Å². The zero-order valence-electron chi connectivity index (χ0n) is 20.2. The van der Waals surface area contributed by atoms with E-state index in [0.717, 1.165) is 36.0 Å². The Labute approximate surface area is 208 Å². The number of hydrogen-bond acceptors (Lipinski definition) is 3. The van der Waals surface area contributed by atoms with Gasteiger partial charge in [0.2, 0.25) is 0 Å². The average Bonchev–Trinajstić information content (AvgIpc) is 3.56. The predicted molar refractivity (Wildman–Crippen MR) is 143 cm³/mol. The minimum absolute atomic E-state index is 0.0494. The third kappa shape index (κ3) is 4.56. The Hall–Kier alpha value is -2.86. The molecule has 2 aliphatic rings. The third-order valence-electron chi connectivity index (χ3n) is 7.41. The Kier molecular flexibility index (Phi) is 6.86. The lowest BCUT2D eigenvalue weighted by molar-refractivity contribution is 0.314. The summed E-state index contributed by atoms with van der Waals surface area (Å²) in [6.07, 6.45) is 8.13. The van der Waals surface area contributed by atoms with Crippen molar-refractivity contribution < 1.29 is 0 Å². The number of rotatable bonds is 8. The molecule has 2 N–H and O–H groups in total. The van der Waals surface area contributed by atoms with E-state index in [2.05, 4.69) is 76.4 Å². The fourth-order valence-electron chi connectivity index (χ4n) is 5.85. The second kappa shape index (κ2) is 10.2. The van der Waals surface area contributed by atoms with Gasteiger partial charge in [-0.1, -0.05) is 37.1 Å². The lowest BCUT2D eigenvalue weighted by Crippen LogP contribution is -2.31. The highest BCUT2D eigenvalue weighted by Gasteiger charge is 2.41. The van der Waals surface area contributed by atoms with Crippen LogP contribution >= 0.6 is 12.2 Å². The van der Waals surface area contributed by atoms with Crippen molar-refractivity contribution in [2.24, 2.45) is 0 Å². The standard InChI is InChI=1S/C28H35N5S/c1-20-19-24(21(2)33(20)23-13-6-7-14-23)27-26(25-15-8-9-16-30-25)31-28(34)32(27)18-10-17-29-22-11-4-3-5-12-22/h3-5,8-9,11-12,15-16,19,23,26-27,29H,6-7,10,13-14,17-18H2,1-2H3,(H,31,34). The predicted octanol–water partition coefficient (Wildman–Crippen LogP) is 6.09. The number of aromatic nitrogens is 2. The highest BCUT2D eigenvalue weighted by atomic mass is 32.1. The number of nitrogens with zero attached hydrogens (tertiary/aromatic N) is 3. The van der Waals surface area contributed by atoms with Crippen LogP contribution in [0.2, 0.25) is 0 Å². The van der Waals surface area contributed by atoms with E-state index in [0.29, 0.717) is 6.04 Å². The molecular weight excluding hydrogens is 438 g/mol. The molecule has 1 aliphatic heterocycles. The summed E-state index contributed by atoms with van der Waals surface area (Å²) < 4.78 is 2.59. The maximum atomic E-state index is 5.89. The molecule has 3 heterocycles. The fraction of sp³-hybridized carbons (Fsp3) is 0.429. The molecule has 3 aromatic rings. The van der Waals surface area contributed by atoms with Crippen LogP contribution in [0.4, 0.5) is 5.69 Å². The van der Waals surface area contributed by atoms with Crippen molar-refractivity contribution in [2.45, 2.75) is 64.1 Å². The second-order valence-corrected chi connectivity index (χ2v) is 9.99. The Bertz CT molecular complexity index is 1100. The molecule has 5 rings (SSSR count). The Morgan fingerprint density at radius 3 is 2.56 bits per heavy atom. The molecule has 2 fully saturated rings. The average molecular weight is 474 g/mol. The zero-order chi connectivity index (χ0) is 23.5. The summed E-state index contributed by atoms with van der Waals surface area (Å²) in [7, 11) is 0. The Morgan fingerprint density at radius 2 is 1.82 bits per heavy atom. The molecule has 2 aromatic heterocycles. The molecule has 6 heteroatoms. The molecule has 5 nitrogen and oxygen atoms in total. The summed E-state index contributed by atoms with van der Waals surface area (Å²) in [5, 5.41) is 7.98. The van der Waals surface area contributed by atoms with Crippen LogP contribution in [0.5, 0.6) is 0 Å². The van der Waals surface area contributed by atoms with Crippen LogP contribution in [-0.2, 0) is 0 Å². The van der Waals surface area contributed by atoms with Gasteiger partial charge >= 0.3 is 0 Å². The summed E-state index contributed by atoms with van der Waals surface area (Å²) in [5.74, 6) is 0. The summed E-state index contributed by atoms with van der Waals surface area (Å²) in [6.45, 7) is 6.37. The van der Waals surface area contributed by atoms with Gasteiger partial charge in [0.15, 0.2) is 5.11 Å². The van der Waals surface area contributed by atoms with Crippen molar-refractivity contribution in [3.05, 3.63) is 83.4 Å². The minimum atomic E-state index is 0.0494. The first kappa shape index (κ1) is 22.9. The van der Waals surface area contributed by atoms with Crippen molar-refractivity contribution in [1.82, 2.24) is 19.8 Å². The van der Waals surface area contributed by atoms with E-state index in [1.807, 2.05) is 18.3 Å². The van der Waals surface area contributed by atoms with Crippen molar-refractivity contribution in [1.29, 1.82) is 0 Å². The molecule has 0 amide bonds. The molecule has 1 saturated carbocycles. The van der Waals surface area contributed by atoms with Gasteiger partial charge in [0.1, 0.15) is 0 Å². The van der Waals surface area contributed by atoms with Gasteiger partial charge in [0.25, 0.3) is 0 Å². The van der Waals surface area contributed by atoms with Crippen LogP contribution in [0.25, 0.3) is 0 Å². The Balaban J connectivity index is 1.41. The topological polar surface area (TPSA) is 45.1 Å². The van der Waals surface area contributed by atoms with E-state index in [1.54, 1.807) is 0 Å². The quantitative estimate of drug-likeness (QED) is 0.306. The summed E-state index contributed by atoms with van der Waals surface area (Å²) in [5.41, 5.74) is 6.33. The summed E-state index contributed by atoms with van der Waals surface area (Å²) in [6, 6.07) is 19.8. The first-order valence-electron chi connectivity index (χ1n) is 12.6. The highest BCUT2D eigenvalue weighted by Crippen LogP contribution is 2.42. The van der Waals surface area contributed by atoms with E-state index >= 15 is 0 Å². The maximum Gasteiger partial charge on any atom is 0.170 e. The van der Waals surface area contributed by atoms with Crippen LogP contribution in [0.15, 0.2) is 60.8 Å². The minimum Gasteiger partial charge on any atom is -0.385 e. The molecule has 1 aromatic carbocycles. The van der Waals surface area contributed by atoms with Crippen LogP contribution in [0, 0.1) is 13.8 Å². The van der Waals surface area contributed by atoms with E-state index in [-0.39, 0.29) is 12.1 Å². The van der Waals surface area contributed by atoms with Crippen molar-refractivity contribution in [3.63, 3.8) is 0 Å². The fourth-order valence-corrected chi connectivity index (χ4v) is 6.18. The van der Waals surface area contributed by atoms with Gasteiger partial charge < -0.3 is 20.1 Å². The van der Waals surface area contributed by atoms with Crippen LogP contribution in [0.1, 0.15) is 72.9 Å². The van der Waals surface area contributed by atoms with Gasteiger partial charge in [-0.15, -0.1) is 0 Å². The number of aryl methyl sites for hydroxylation is 1. The van der Waals surface area contributed by atoms with Crippen LogP contribution < -0.4 is 10.6 Å². The number of benzene rings is 1. The first-order chi connectivity index (χ1) is 16.6. The van der Waals surface area contributed by atoms with E-state index < -0.39 is 0 Å². The van der Waals surface area contributed by atoms with E-state index in [9.17, 15) is 0 Å². The number of anilines is 1. The van der Waals surface area contributed by atoms with Crippen molar-refractivity contribution >= 4 is 23.0 Å². The number of pyridine rings is 1. The van der Waals surface area contributed by atoms with Crippen molar-refractivity contribution in [2.75, 3.05) is 18.4 Å². The zero-order valence-corrected chi connectivity index (χ0v) is 21.0. The summed E-state index contributed by atoms with van der Waals surface area (Å²) >= 11 is 5.89. The molecule has 0 bridgehead atoms. The monoisotopic (exact) mass is 473 g/mol. The molecule has 0 spiro atoms. The molecule has 1 saturated heterocycles. The van der Waals surface area contributed by atoms with Gasteiger partial charge in [-0.2, -0.15) is 0 Å². The molecular formula is C28H35N5S. The smallest absolute Gasteiger partial charge is 0.170 e. The number of thiocarbonyl (C=S) groups is 1. The summed E-state index contributed by atoms with van der Waals surface area (Å²) in [4.78, 5) is 7.10. The third-order valence-corrected chi connectivity index (χ3v) is 7.76. The molecule has 1 aliphatic carbocycles. The highest BCUT2D eigenvalue weighted by molar-refractivity contribution is 7.80. The van der Waals surface area contributed by atoms with Crippen LogP contribution in [-0.4, -0.2) is 32.7 Å². The lowest BCUT2D eigenvalue weighted by Gasteiger charge is -2.28. The molecule has 34 heavy (non-hydrogen) atoms. The van der Waals surface area contributed by atoms with Gasteiger partial charge in [0.05, 0.1) is 17.8 Å². The normalized spacial score (nSPS) is 20.6. The lowest BCUT2D eigenvalue weighted by atomic mass is 9.96. The molecule has 178 valence electrons. The number of hydrogen-bond donors (Lipinski definition) is 2. The van der Waals surface area contributed by atoms with Crippen LogP contribution in [0.3, 0.4) is 0 Å². The molecule has 0 radical (unpaired) electrons. The first-order valence-corrected chi connectivity index (χ1v) is 13.0. The van der Waals surface area contributed by atoms with Gasteiger partial charge in [0, 0.05) is 42.4 Å². The maximum absolute atomic E-state index is 5.89.